The van der Waals surface area contributed by atoms with Crippen LogP contribution in [0.3, 0.4) is 0 Å². The first-order valence-electron chi connectivity index (χ1n) is 5.89. The largest absolute Gasteiger partial charge is 0.478 e. The van der Waals surface area contributed by atoms with Gasteiger partial charge in [-0.2, -0.15) is 0 Å². The van der Waals surface area contributed by atoms with Gasteiger partial charge in [-0.1, -0.05) is 19.9 Å². The van der Waals surface area contributed by atoms with Gasteiger partial charge in [-0.15, -0.1) is 11.8 Å². The number of thioether (sulfide) groups is 1. The molecule has 1 aliphatic carbocycles. The number of rotatable bonds is 5. The number of carboxylic acids is 1. The molecular formula is C13H17NO2S. The van der Waals surface area contributed by atoms with Gasteiger partial charge in [0.05, 0.1) is 11.3 Å². The van der Waals surface area contributed by atoms with E-state index in [1.807, 2.05) is 25.1 Å². The van der Waals surface area contributed by atoms with Crippen molar-refractivity contribution in [2.75, 3.05) is 11.1 Å². The van der Waals surface area contributed by atoms with Crippen LogP contribution in [0.4, 0.5) is 5.69 Å². The van der Waals surface area contributed by atoms with Crippen LogP contribution in [-0.4, -0.2) is 22.9 Å². The summed E-state index contributed by atoms with van der Waals surface area (Å²) in [6.45, 7) is 4.20. The van der Waals surface area contributed by atoms with Gasteiger partial charge in [0.1, 0.15) is 0 Å². The third kappa shape index (κ3) is 2.75. The van der Waals surface area contributed by atoms with Crippen molar-refractivity contribution in [1.29, 1.82) is 0 Å². The molecule has 92 valence electrons. The molecule has 0 radical (unpaired) electrons. The fourth-order valence-corrected chi connectivity index (χ4v) is 2.70. The Morgan fingerprint density at radius 3 is 2.82 bits per heavy atom. The molecule has 0 heterocycles. The first-order valence-corrected chi connectivity index (χ1v) is 6.87. The molecule has 2 unspecified atom stereocenters. The smallest absolute Gasteiger partial charge is 0.338 e. The molecule has 2 rings (SSSR count). The highest BCUT2D eigenvalue weighted by Gasteiger charge is 2.33. The number of anilines is 1. The van der Waals surface area contributed by atoms with E-state index in [9.17, 15) is 9.90 Å². The Balaban J connectivity index is 2.29. The molecule has 4 heteroatoms. The Morgan fingerprint density at radius 2 is 2.29 bits per heavy atom. The SMILES string of the molecule is CCSc1cccc(NC2CC2C)c1C(=O)O. The maximum Gasteiger partial charge on any atom is 0.338 e. The second-order valence-corrected chi connectivity index (χ2v) is 5.69. The minimum atomic E-state index is -0.850. The number of nitrogens with one attached hydrogen (secondary N) is 1. The molecule has 1 aliphatic rings. The summed E-state index contributed by atoms with van der Waals surface area (Å²) in [4.78, 5) is 12.2. The normalized spacial score (nSPS) is 22.2. The Kier molecular flexibility index (Phi) is 3.62. The Hall–Kier alpha value is -1.16. The van der Waals surface area contributed by atoms with Gasteiger partial charge in [0, 0.05) is 10.9 Å². The van der Waals surface area contributed by atoms with Crippen LogP contribution in [0.15, 0.2) is 23.1 Å². The van der Waals surface area contributed by atoms with Gasteiger partial charge >= 0.3 is 5.97 Å². The molecule has 0 aromatic heterocycles. The van der Waals surface area contributed by atoms with Gasteiger partial charge in [-0.25, -0.2) is 4.79 Å². The fraction of sp³-hybridized carbons (Fsp3) is 0.462. The number of hydrogen-bond acceptors (Lipinski definition) is 3. The van der Waals surface area contributed by atoms with Crippen molar-refractivity contribution in [3.63, 3.8) is 0 Å². The summed E-state index contributed by atoms with van der Waals surface area (Å²) >= 11 is 1.57. The summed E-state index contributed by atoms with van der Waals surface area (Å²) in [5.41, 5.74) is 1.17. The summed E-state index contributed by atoms with van der Waals surface area (Å²) in [6, 6.07) is 6.09. The van der Waals surface area contributed by atoms with Crippen LogP contribution in [0.2, 0.25) is 0 Å². The molecule has 1 aromatic carbocycles. The zero-order valence-corrected chi connectivity index (χ0v) is 10.9. The summed E-state index contributed by atoms with van der Waals surface area (Å²) in [5, 5.41) is 12.6. The predicted molar refractivity (Wildman–Crippen MR) is 71.0 cm³/mol. The molecule has 2 N–H and O–H groups in total. The molecule has 0 amide bonds. The van der Waals surface area contributed by atoms with Gasteiger partial charge in [0.15, 0.2) is 0 Å². The first kappa shape index (κ1) is 12.3. The molecule has 0 bridgehead atoms. The summed E-state index contributed by atoms with van der Waals surface area (Å²) in [6.07, 6.45) is 1.13. The Bertz CT molecular complexity index is 433. The van der Waals surface area contributed by atoms with Gasteiger partial charge < -0.3 is 10.4 Å². The predicted octanol–water partition coefficient (Wildman–Crippen LogP) is 3.32. The fourth-order valence-electron chi connectivity index (χ4n) is 1.87. The maximum atomic E-state index is 11.3. The van der Waals surface area contributed by atoms with Crippen molar-refractivity contribution in [2.45, 2.75) is 31.2 Å². The van der Waals surface area contributed by atoms with E-state index in [-0.39, 0.29) is 0 Å². The van der Waals surface area contributed by atoms with Gasteiger partial charge in [-0.3, -0.25) is 0 Å². The standard InChI is InChI=1S/C13H17NO2S/c1-3-17-11-6-4-5-9(12(11)13(15)16)14-10-7-8(10)2/h4-6,8,10,14H,3,7H2,1-2H3,(H,15,16). The van der Waals surface area contributed by atoms with Crippen LogP contribution < -0.4 is 5.32 Å². The van der Waals surface area contributed by atoms with Crippen molar-refractivity contribution in [3.05, 3.63) is 23.8 Å². The zero-order valence-electron chi connectivity index (χ0n) is 10.1. The minimum absolute atomic E-state index is 0.415. The van der Waals surface area contributed by atoms with Crippen LogP contribution in [0.25, 0.3) is 0 Å². The molecule has 0 aliphatic heterocycles. The topological polar surface area (TPSA) is 49.3 Å². The molecule has 17 heavy (non-hydrogen) atoms. The molecule has 1 fully saturated rings. The highest BCUT2D eigenvalue weighted by Crippen LogP contribution is 2.36. The number of hydrogen-bond donors (Lipinski definition) is 2. The number of aromatic carboxylic acids is 1. The second-order valence-electron chi connectivity index (χ2n) is 4.38. The van der Waals surface area contributed by atoms with Crippen molar-refractivity contribution >= 4 is 23.4 Å². The van der Waals surface area contributed by atoms with Crippen molar-refractivity contribution in [2.24, 2.45) is 5.92 Å². The molecule has 2 atom stereocenters. The summed E-state index contributed by atoms with van der Waals surface area (Å²) in [7, 11) is 0. The van der Waals surface area contributed by atoms with Crippen LogP contribution in [0.5, 0.6) is 0 Å². The lowest BCUT2D eigenvalue weighted by atomic mass is 10.1. The van der Waals surface area contributed by atoms with Crippen LogP contribution in [0, 0.1) is 5.92 Å². The van der Waals surface area contributed by atoms with E-state index in [1.165, 1.54) is 0 Å². The van der Waals surface area contributed by atoms with E-state index >= 15 is 0 Å². The number of carboxylic acid groups (broad SMARTS) is 1. The van der Waals surface area contributed by atoms with Crippen LogP contribution >= 0.6 is 11.8 Å². The number of benzene rings is 1. The van der Waals surface area contributed by atoms with E-state index in [0.29, 0.717) is 17.5 Å². The Morgan fingerprint density at radius 1 is 1.59 bits per heavy atom. The monoisotopic (exact) mass is 251 g/mol. The maximum absolute atomic E-state index is 11.3. The van der Waals surface area contributed by atoms with Gasteiger partial charge in [-0.05, 0) is 30.2 Å². The lowest BCUT2D eigenvalue weighted by Gasteiger charge is -2.12. The van der Waals surface area contributed by atoms with Gasteiger partial charge in [0.25, 0.3) is 0 Å². The summed E-state index contributed by atoms with van der Waals surface area (Å²) in [5.74, 6) is 0.681. The quantitative estimate of drug-likeness (QED) is 0.788. The van der Waals surface area contributed by atoms with E-state index < -0.39 is 5.97 Å². The Labute approximate surface area is 106 Å². The van der Waals surface area contributed by atoms with Crippen LogP contribution in [0.1, 0.15) is 30.6 Å². The van der Waals surface area contributed by atoms with E-state index in [4.69, 9.17) is 0 Å². The molecule has 1 aromatic rings. The molecule has 0 saturated heterocycles. The molecule has 0 spiro atoms. The molecular weight excluding hydrogens is 234 g/mol. The highest BCUT2D eigenvalue weighted by atomic mass is 32.2. The average molecular weight is 251 g/mol. The van der Waals surface area contributed by atoms with Crippen LogP contribution in [-0.2, 0) is 0 Å². The van der Waals surface area contributed by atoms with Crippen molar-refractivity contribution in [1.82, 2.24) is 0 Å². The van der Waals surface area contributed by atoms with E-state index in [2.05, 4.69) is 12.2 Å². The average Bonchev–Trinajstić information content (AvgIpc) is 2.94. The molecule has 1 saturated carbocycles. The van der Waals surface area contributed by atoms with Crippen molar-refractivity contribution in [3.8, 4) is 0 Å². The van der Waals surface area contributed by atoms with E-state index in [0.717, 1.165) is 22.8 Å². The third-order valence-electron chi connectivity index (χ3n) is 2.99. The minimum Gasteiger partial charge on any atom is -0.478 e. The van der Waals surface area contributed by atoms with Crippen molar-refractivity contribution < 1.29 is 9.90 Å². The third-order valence-corrected chi connectivity index (χ3v) is 3.93. The second kappa shape index (κ2) is 5.00. The lowest BCUT2D eigenvalue weighted by Crippen LogP contribution is -2.10. The highest BCUT2D eigenvalue weighted by molar-refractivity contribution is 7.99. The lowest BCUT2D eigenvalue weighted by molar-refractivity contribution is 0.0694. The van der Waals surface area contributed by atoms with Gasteiger partial charge in [0.2, 0.25) is 0 Å². The number of carbonyl (C=O) groups is 1. The first-order chi connectivity index (χ1) is 8.13. The zero-order chi connectivity index (χ0) is 12.4. The molecule has 3 nitrogen and oxygen atoms in total. The summed E-state index contributed by atoms with van der Waals surface area (Å²) < 4.78 is 0. The van der Waals surface area contributed by atoms with E-state index in [1.54, 1.807) is 11.8 Å².